The zero-order valence-electron chi connectivity index (χ0n) is 24.4. The first-order chi connectivity index (χ1) is 21.3. The number of esters is 1. The van der Waals surface area contributed by atoms with E-state index < -0.39 is 38.0 Å². The number of benzene rings is 2. The Morgan fingerprint density at radius 2 is 1.93 bits per heavy atom. The topological polar surface area (TPSA) is 166 Å². The normalized spacial score (nSPS) is 18.6. The quantitative estimate of drug-likeness (QED) is 0.184. The van der Waals surface area contributed by atoms with E-state index in [1.54, 1.807) is 31.2 Å². The fraction of sp³-hybridized carbons (Fsp3) is 0.226. The van der Waals surface area contributed by atoms with Crippen LogP contribution in [0.15, 0.2) is 76.6 Å². The van der Waals surface area contributed by atoms with Gasteiger partial charge < -0.3 is 15.6 Å². The molecular formula is C31H29F2N5O6S. The molecule has 0 bridgehead atoms. The Hall–Kier alpha value is -5.11. The molecule has 0 aliphatic heterocycles. The number of anilines is 2. The Bertz CT molecular complexity index is 2060. The van der Waals surface area contributed by atoms with Gasteiger partial charge in [-0.25, -0.2) is 31.7 Å². The molecule has 11 nitrogen and oxygen atoms in total. The van der Waals surface area contributed by atoms with Gasteiger partial charge in [0.25, 0.3) is 15.6 Å². The first kappa shape index (κ1) is 31.3. The minimum atomic E-state index is -4.58. The summed E-state index contributed by atoms with van der Waals surface area (Å²) in [5.41, 5.74) is 6.81. The number of nitrogens with two attached hydrogens (primary N) is 1. The van der Waals surface area contributed by atoms with Gasteiger partial charge in [-0.3, -0.25) is 14.3 Å². The number of methoxy groups -OCH3 is 1. The highest BCUT2D eigenvalue weighted by atomic mass is 32.2. The predicted octanol–water partition coefficient (Wildman–Crippen LogP) is 4.69. The van der Waals surface area contributed by atoms with E-state index in [1.165, 1.54) is 30.0 Å². The Balaban J connectivity index is 1.50. The third-order valence-corrected chi connectivity index (χ3v) is 9.22. The number of carbonyl (C=O) groups excluding carboxylic acids is 1. The molecule has 3 unspecified atom stereocenters. The summed E-state index contributed by atoms with van der Waals surface area (Å²) in [4.78, 5) is 33.2. The lowest BCUT2D eigenvalue weighted by Gasteiger charge is -2.39. The van der Waals surface area contributed by atoms with Gasteiger partial charge in [-0.1, -0.05) is 25.1 Å². The highest BCUT2D eigenvalue weighted by Crippen LogP contribution is 2.42. The maximum atomic E-state index is 14.2. The summed E-state index contributed by atoms with van der Waals surface area (Å²) in [6.07, 6.45) is 7.23. The SMILES string of the molecule is C/C=C(\C=C/C1C(C)CC1C(=O)OC)n1c(N)nc2ccc(-c3cnc(O)c(NS(=O)(=O)c4ccc(F)cc4F)c3)cc2c1=O. The molecule has 234 valence electrons. The highest BCUT2D eigenvalue weighted by molar-refractivity contribution is 7.92. The largest absolute Gasteiger partial charge is 0.492 e. The number of pyridine rings is 1. The lowest BCUT2D eigenvalue weighted by atomic mass is 9.65. The van der Waals surface area contributed by atoms with Crippen molar-refractivity contribution in [1.29, 1.82) is 0 Å². The third-order valence-electron chi connectivity index (χ3n) is 7.82. The molecule has 4 N–H and O–H groups in total. The summed E-state index contributed by atoms with van der Waals surface area (Å²) in [5, 5.41) is 10.4. The molecule has 45 heavy (non-hydrogen) atoms. The van der Waals surface area contributed by atoms with Crippen LogP contribution in [0.3, 0.4) is 0 Å². The number of nitrogen functional groups attached to an aromatic ring is 1. The Kier molecular flexibility index (Phi) is 8.43. The molecule has 1 aliphatic carbocycles. The van der Waals surface area contributed by atoms with Crippen LogP contribution >= 0.6 is 0 Å². The zero-order chi connectivity index (χ0) is 32.6. The molecule has 5 rings (SSSR count). The zero-order valence-corrected chi connectivity index (χ0v) is 25.2. The van der Waals surface area contributed by atoms with Crippen molar-refractivity contribution in [2.24, 2.45) is 17.8 Å². The molecule has 3 atom stereocenters. The maximum Gasteiger partial charge on any atom is 0.309 e. The second kappa shape index (κ2) is 12.1. The monoisotopic (exact) mass is 637 g/mol. The molecule has 2 aromatic heterocycles. The van der Waals surface area contributed by atoms with Crippen molar-refractivity contribution in [2.75, 3.05) is 17.6 Å². The van der Waals surface area contributed by atoms with Gasteiger partial charge in [0.1, 0.15) is 22.2 Å². The average molecular weight is 638 g/mol. The number of nitrogens with zero attached hydrogens (tertiary/aromatic N) is 3. The Morgan fingerprint density at radius 3 is 2.60 bits per heavy atom. The van der Waals surface area contributed by atoms with Crippen molar-refractivity contribution in [3.8, 4) is 17.0 Å². The number of fused-ring (bicyclic) bond motifs is 1. The van der Waals surface area contributed by atoms with Gasteiger partial charge in [-0.05, 0) is 67.2 Å². The second-order valence-electron chi connectivity index (χ2n) is 10.6. The summed E-state index contributed by atoms with van der Waals surface area (Å²) in [5.74, 6) is -3.40. The highest BCUT2D eigenvalue weighted by Gasteiger charge is 2.41. The van der Waals surface area contributed by atoms with E-state index >= 15 is 0 Å². The fourth-order valence-electron chi connectivity index (χ4n) is 5.37. The number of rotatable bonds is 8. The molecule has 0 spiro atoms. The van der Waals surface area contributed by atoms with Crippen LogP contribution in [0.1, 0.15) is 20.3 Å². The van der Waals surface area contributed by atoms with Crippen molar-refractivity contribution in [3.05, 3.63) is 88.9 Å². The summed E-state index contributed by atoms with van der Waals surface area (Å²) in [6.45, 7) is 3.76. The van der Waals surface area contributed by atoms with Crippen molar-refractivity contribution < 1.29 is 31.8 Å². The summed E-state index contributed by atoms with van der Waals surface area (Å²) >= 11 is 0. The van der Waals surface area contributed by atoms with Crippen LogP contribution in [0.25, 0.3) is 27.7 Å². The van der Waals surface area contributed by atoms with Crippen LogP contribution in [0.4, 0.5) is 20.4 Å². The first-order valence-electron chi connectivity index (χ1n) is 13.8. The summed E-state index contributed by atoms with van der Waals surface area (Å²) < 4.78 is 61.3. The van der Waals surface area contributed by atoms with Gasteiger partial charge in [0, 0.05) is 23.5 Å². The van der Waals surface area contributed by atoms with Crippen LogP contribution in [-0.2, 0) is 19.6 Å². The van der Waals surface area contributed by atoms with Crippen molar-refractivity contribution in [3.63, 3.8) is 0 Å². The first-order valence-corrected chi connectivity index (χ1v) is 15.2. The van der Waals surface area contributed by atoms with Crippen molar-refractivity contribution >= 4 is 44.2 Å². The predicted molar refractivity (Wildman–Crippen MR) is 164 cm³/mol. The minimum Gasteiger partial charge on any atom is -0.492 e. The molecule has 1 saturated carbocycles. The maximum absolute atomic E-state index is 14.2. The molecule has 4 aromatic rings. The van der Waals surface area contributed by atoms with E-state index in [9.17, 15) is 31.9 Å². The lowest BCUT2D eigenvalue weighted by Crippen LogP contribution is -2.39. The van der Waals surface area contributed by atoms with E-state index in [4.69, 9.17) is 10.5 Å². The fourth-order valence-corrected chi connectivity index (χ4v) is 6.48. The molecule has 0 radical (unpaired) electrons. The number of halogens is 2. The van der Waals surface area contributed by atoms with Gasteiger partial charge in [-0.2, -0.15) is 0 Å². The van der Waals surface area contributed by atoms with Gasteiger partial charge in [0.15, 0.2) is 0 Å². The number of hydrogen-bond donors (Lipinski definition) is 3. The number of carbonyl (C=O) groups is 1. The van der Waals surface area contributed by atoms with Crippen LogP contribution < -0.4 is 16.0 Å². The number of aromatic hydroxyl groups is 1. The smallest absolute Gasteiger partial charge is 0.309 e. The van der Waals surface area contributed by atoms with Crippen LogP contribution in [0.2, 0.25) is 0 Å². The van der Waals surface area contributed by atoms with Gasteiger partial charge in [0.05, 0.1) is 23.9 Å². The number of hydrogen-bond acceptors (Lipinski definition) is 9. The summed E-state index contributed by atoms with van der Waals surface area (Å²) in [6, 6.07) is 7.90. The summed E-state index contributed by atoms with van der Waals surface area (Å²) in [7, 11) is -3.23. The lowest BCUT2D eigenvalue weighted by molar-refractivity contribution is -0.152. The minimum absolute atomic E-state index is 0.0554. The number of aromatic nitrogens is 3. The average Bonchev–Trinajstić information content (AvgIpc) is 2.99. The van der Waals surface area contributed by atoms with Crippen LogP contribution in [-0.4, -0.2) is 41.1 Å². The Morgan fingerprint density at radius 1 is 1.18 bits per heavy atom. The number of nitrogens with one attached hydrogen (secondary N) is 1. The Labute approximate surface area is 256 Å². The van der Waals surface area contributed by atoms with E-state index in [2.05, 4.69) is 14.7 Å². The standard InChI is InChI=1S/C31H29F2N5O6S/c1-4-20(7-8-21-16(2)11-22(21)30(41)44-3)38-29(40)23-12-17(5-9-25(23)36-31(38)34)18-13-26(28(39)35-15-18)37-45(42,43)27-10-6-19(32)14-24(27)33/h4-10,12-16,21-22,37H,11H2,1-3H3,(H2,34,36)(H,35,39)/b8-7-,20-4+. The van der Waals surface area contributed by atoms with Crippen LogP contribution in [0.5, 0.6) is 5.88 Å². The van der Waals surface area contributed by atoms with Crippen LogP contribution in [0, 0.1) is 29.4 Å². The van der Waals surface area contributed by atoms with Crippen molar-refractivity contribution in [2.45, 2.75) is 25.2 Å². The molecule has 0 amide bonds. The third kappa shape index (κ3) is 6.00. The number of sulfonamides is 1. The molecule has 1 fully saturated rings. The van der Waals surface area contributed by atoms with E-state index in [0.29, 0.717) is 34.8 Å². The molecule has 14 heteroatoms. The van der Waals surface area contributed by atoms with E-state index in [-0.39, 0.29) is 40.7 Å². The van der Waals surface area contributed by atoms with Crippen molar-refractivity contribution in [1.82, 2.24) is 14.5 Å². The van der Waals surface area contributed by atoms with E-state index in [0.717, 1.165) is 12.1 Å². The molecule has 2 aromatic carbocycles. The molecular weight excluding hydrogens is 608 g/mol. The number of ether oxygens (including phenoxy) is 1. The van der Waals surface area contributed by atoms with E-state index in [1.807, 2.05) is 13.0 Å². The number of allylic oxidation sites excluding steroid dienone is 4. The van der Waals surface area contributed by atoms with Gasteiger partial charge >= 0.3 is 5.97 Å². The molecule has 1 aliphatic rings. The van der Waals surface area contributed by atoms with Gasteiger partial charge in [0.2, 0.25) is 11.8 Å². The molecule has 0 saturated heterocycles. The van der Waals surface area contributed by atoms with Gasteiger partial charge in [-0.15, -0.1) is 0 Å². The second-order valence-corrected chi connectivity index (χ2v) is 12.3. The molecule has 2 heterocycles.